The Morgan fingerprint density at radius 2 is 2.19 bits per heavy atom. The Labute approximate surface area is 102 Å². The van der Waals surface area contributed by atoms with Crippen LogP contribution < -0.4 is 0 Å². The molecule has 0 saturated carbocycles. The predicted molar refractivity (Wildman–Crippen MR) is 62.3 cm³/mol. The molecule has 1 heterocycles. The lowest BCUT2D eigenvalue weighted by Gasteiger charge is -2.02. The zero-order valence-electron chi connectivity index (χ0n) is 8.09. The molecule has 2 rings (SSSR count). The van der Waals surface area contributed by atoms with Gasteiger partial charge in [0, 0.05) is 11.1 Å². The Bertz CT molecular complexity index is 537. The highest BCUT2D eigenvalue weighted by Crippen LogP contribution is 2.32. The van der Waals surface area contributed by atoms with Gasteiger partial charge in [0.25, 0.3) is 0 Å². The summed E-state index contributed by atoms with van der Waals surface area (Å²) in [6.45, 7) is 0. The van der Waals surface area contributed by atoms with E-state index < -0.39 is 0 Å². The fraction of sp³-hybridized carbons (Fsp3) is 0. The van der Waals surface area contributed by atoms with Crippen LogP contribution in [-0.4, -0.2) is 9.97 Å². The standard InChI is InChI=1S/C11H6ClN3S/c12-9-5-8(6-13)1-2-10(9)16-11-3-4-14-7-15-11/h1-5,7H. The van der Waals surface area contributed by atoms with Gasteiger partial charge in [0.2, 0.25) is 0 Å². The van der Waals surface area contributed by atoms with Crippen molar-refractivity contribution in [3.8, 4) is 6.07 Å². The first-order chi connectivity index (χ1) is 7.79. The molecule has 0 fully saturated rings. The zero-order chi connectivity index (χ0) is 11.4. The first-order valence-corrected chi connectivity index (χ1v) is 5.62. The van der Waals surface area contributed by atoms with Crippen LogP contribution in [0.5, 0.6) is 0 Å². The van der Waals surface area contributed by atoms with Gasteiger partial charge < -0.3 is 0 Å². The summed E-state index contributed by atoms with van der Waals surface area (Å²) in [5, 5.41) is 10.1. The molecule has 5 heteroatoms. The largest absolute Gasteiger partial charge is 0.245 e. The summed E-state index contributed by atoms with van der Waals surface area (Å²) in [6, 6.07) is 9.03. The average molecular weight is 248 g/mol. The number of hydrogen-bond donors (Lipinski definition) is 0. The average Bonchev–Trinajstić information content (AvgIpc) is 2.33. The molecule has 0 amide bonds. The first-order valence-electron chi connectivity index (χ1n) is 4.43. The fourth-order valence-electron chi connectivity index (χ4n) is 1.10. The van der Waals surface area contributed by atoms with Crippen LogP contribution in [0.15, 0.2) is 46.7 Å². The summed E-state index contributed by atoms with van der Waals surface area (Å²) in [5.41, 5.74) is 0.553. The van der Waals surface area contributed by atoms with Crippen molar-refractivity contribution in [1.82, 2.24) is 9.97 Å². The summed E-state index contributed by atoms with van der Waals surface area (Å²) in [5.74, 6) is 0. The van der Waals surface area contributed by atoms with Crippen molar-refractivity contribution in [2.45, 2.75) is 9.92 Å². The van der Waals surface area contributed by atoms with Crippen molar-refractivity contribution < 1.29 is 0 Å². The molecule has 0 saturated heterocycles. The van der Waals surface area contributed by atoms with E-state index in [1.807, 2.05) is 12.1 Å². The number of nitriles is 1. The summed E-state index contributed by atoms with van der Waals surface area (Å²) >= 11 is 7.48. The summed E-state index contributed by atoms with van der Waals surface area (Å²) in [6.07, 6.45) is 3.16. The zero-order valence-corrected chi connectivity index (χ0v) is 9.66. The minimum Gasteiger partial charge on any atom is -0.245 e. The van der Waals surface area contributed by atoms with E-state index in [9.17, 15) is 0 Å². The SMILES string of the molecule is N#Cc1ccc(Sc2ccncn2)c(Cl)c1. The third kappa shape index (κ3) is 2.51. The second kappa shape index (κ2) is 4.97. The second-order valence-electron chi connectivity index (χ2n) is 2.91. The van der Waals surface area contributed by atoms with Gasteiger partial charge in [0.1, 0.15) is 11.4 Å². The van der Waals surface area contributed by atoms with Crippen molar-refractivity contribution in [3.63, 3.8) is 0 Å². The van der Waals surface area contributed by atoms with E-state index in [0.29, 0.717) is 10.6 Å². The third-order valence-corrected chi connectivity index (χ3v) is 3.28. The molecule has 1 aromatic heterocycles. The highest BCUT2D eigenvalue weighted by atomic mass is 35.5. The molecule has 0 N–H and O–H groups in total. The predicted octanol–water partition coefficient (Wildman–Crippen LogP) is 3.15. The Morgan fingerprint density at radius 3 is 2.81 bits per heavy atom. The van der Waals surface area contributed by atoms with Gasteiger partial charge in [-0.05, 0) is 24.3 Å². The molecule has 0 aliphatic carbocycles. The number of benzene rings is 1. The molecule has 16 heavy (non-hydrogen) atoms. The molecule has 0 aliphatic heterocycles. The molecule has 0 spiro atoms. The Kier molecular flexibility index (Phi) is 3.40. The molecule has 0 atom stereocenters. The topological polar surface area (TPSA) is 49.6 Å². The molecule has 0 bridgehead atoms. The number of rotatable bonds is 2. The van der Waals surface area contributed by atoms with Crippen molar-refractivity contribution >= 4 is 23.4 Å². The number of halogens is 1. The number of aromatic nitrogens is 2. The van der Waals surface area contributed by atoms with E-state index in [2.05, 4.69) is 9.97 Å². The van der Waals surface area contributed by atoms with Crippen molar-refractivity contribution in [3.05, 3.63) is 47.4 Å². The molecule has 1 aromatic carbocycles. The Morgan fingerprint density at radius 1 is 1.31 bits per heavy atom. The minimum atomic E-state index is 0.553. The number of nitrogens with zero attached hydrogens (tertiary/aromatic N) is 3. The van der Waals surface area contributed by atoms with E-state index in [0.717, 1.165) is 9.92 Å². The highest BCUT2D eigenvalue weighted by Gasteiger charge is 2.04. The maximum Gasteiger partial charge on any atom is 0.116 e. The van der Waals surface area contributed by atoms with Crippen molar-refractivity contribution in [2.75, 3.05) is 0 Å². The molecule has 78 valence electrons. The Balaban J connectivity index is 2.27. The Hall–Kier alpha value is -1.57. The van der Waals surface area contributed by atoms with Crippen LogP contribution in [0.3, 0.4) is 0 Å². The minimum absolute atomic E-state index is 0.553. The monoisotopic (exact) mass is 247 g/mol. The molecule has 2 aromatic rings. The van der Waals surface area contributed by atoms with E-state index in [4.69, 9.17) is 16.9 Å². The van der Waals surface area contributed by atoms with E-state index >= 15 is 0 Å². The lowest BCUT2D eigenvalue weighted by Crippen LogP contribution is -1.82. The summed E-state index contributed by atoms with van der Waals surface area (Å²) < 4.78 is 0. The third-order valence-electron chi connectivity index (χ3n) is 1.83. The van der Waals surface area contributed by atoms with Crippen LogP contribution in [0.1, 0.15) is 5.56 Å². The van der Waals surface area contributed by atoms with Crippen LogP contribution in [0.25, 0.3) is 0 Å². The number of hydrogen-bond acceptors (Lipinski definition) is 4. The van der Waals surface area contributed by atoms with Gasteiger partial charge >= 0.3 is 0 Å². The van der Waals surface area contributed by atoms with Crippen LogP contribution in [0, 0.1) is 11.3 Å². The van der Waals surface area contributed by atoms with Gasteiger partial charge in [0.15, 0.2) is 0 Å². The first kappa shape index (κ1) is 10.9. The van der Waals surface area contributed by atoms with Crippen molar-refractivity contribution in [1.29, 1.82) is 5.26 Å². The maximum absolute atomic E-state index is 8.71. The molecule has 0 unspecified atom stereocenters. The second-order valence-corrected chi connectivity index (χ2v) is 4.38. The normalized spacial score (nSPS) is 9.75. The fourth-order valence-corrected chi connectivity index (χ4v) is 2.15. The lowest BCUT2D eigenvalue weighted by molar-refractivity contribution is 1.05. The van der Waals surface area contributed by atoms with Crippen LogP contribution in [-0.2, 0) is 0 Å². The molecular weight excluding hydrogens is 242 g/mol. The van der Waals surface area contributed by atoms with Gasteiger partial charge in [-0.1, -0.05) is 23.4 Å². The van der Waals surface area contributed by atoms with Crippen LogP contribution >= 0.6 is 23.4 Å². The van der Waals surface area contributed by atoms with E-state index in [-0.39, 0.29) is 0 Å². The van der Waals surface area contributed by atoms with Gasteiger partial charge in [0.05, 0.1) is 16.7 Å². The van der Waals surface area contributed by atoms with Crippen LogP contribution in [0.4, 0.5) is 0 Å². The van der Waals surface area contributed by atoms with Gasteiger partial charge in [-0.3, -0.25) is 0 Å². The molecule has 0 aliphatic rings. The van der Waals surface area contributed by atoms with E-state index in [1.165, 1.54) is 18.1 Å². The van der Waals surface area contributed by atoms with Crippen molar-refractivity contribution in [2.24, 2.45) is 0 Å². The van der Waals surface area contributed by atoms with Gasteiger partial charge in [-0.2, -0.15) is 5.26 Å². The summed E-state index contributed by atoms with van der Waals surface area (Å²) in [4.78, 5) is 8.80. The smallest absolute Gasteiger partial charge is 0.116 e. The van der Waals surface area contributed by atoms with Gasteiger partial charge in [-0.25, -0.2) is 9.97 Å². The van der Waals surface area contributed by atoms with Crippen LogP contribution in [0.2, 0.25) is 5.02 Å². The maximum atomic E-state index is 8.71. The van der Waals surface area contributed by atoms with E-state index in [1.54, 1.807) is 24.4 Å². The quantitative estimate of drug-likeness (QED) is 0.765. The highest BCUT2D eigenvalue weighted by molar-refractivity contribution is 7.99. The van der Waals surface area contributed by atoms with Gasteiger partial charge in [-0.15, -0.1) is 0 Å². The lowest BCUT2D eigenvalue weighted by atomic mass is 10.2. The molecule has 3 nitrogen and oxygen atoms in total. The summed E-state index contributed by atoms with van der Waals surface area (Å²) in [7, 11) is 0. The molecule has 0 radical (unpaired) electrons. The molecular formula is C11H6ClN3S.